The van der Waals surface area contributed by atoms with Gasteiger partial charge in [0, 0.05) is 25.5 Å². The minimum absolute atomic E-state index is 0.199. The molecule has 0 saturated carbocycles. The Morgan fingerprint density at radius 3 is 2.82 bits per heavy atom. The molecule has 17 heavy (non-hydrogen) atoms. The first-order valence-electron chi connectivity index (χ1n) is 5.80. The summed E-state index contributed by atoms with van der Waals surface area (Å²) in [4.78, 5) is 17.5. The van der Waals surface area contributed by atoms with Gasteiger partial charge in [0.05, 0.1) is 13.7 Å². The lowest BCUT2D eigenvalue weighted by atomic mass is 10.2. The van der Waals surface area contributed by atoms with Crippen molar-refractivity contribution in [3.8, 4) is 0 Å². The minimum atomic E-state index is -0.199. The van der Waals surface area contributed by atoms with E-state index in [-0.39, 0.29) is 5.97 Å². The Morgan fingerprint density at radius 2 is 2.29 bits per heavy atom. The van der Waals surface area contributed by atoms with Crippen molar-refractivity contribution >= 4 is 5.97 Å². The van der Waals surface area contributed by atoms with E-state index in [0.717, 1.165) is 18.7 Å². The maximum absolute atomic E-state index is 11.3. The van der Waals surface area contributed by atoms with Gasteiger partial charge >= 0.3 is 5.97 Å². The summed E-state index contributed by atoms with van der Waals surface area (Å²) < 4.78 is 4.70. The summed E-state index contributed by atoms with van der Waals surface area (Å²) in [5.41, 5.74) is 1.11. The molecule has 1 aromatic rings. The number of hydrogen-bond acceptors (Lipinski definition) is 4. The average Bonchev–Trinajstić information content (AvgIpc) is 2.29. The van der Waals surface area contributed by atoms with Crippen molar-refractivity contribution in [1.29, 1.82) is 0 Å². The van der Waals surface area contributed by atoms with Crippen LogP contribution in [0.2, 0.25) is 0 Å². The Hall–Kier alpha value is -1.42. The lowest BCUT2D eigenvalue weighted by molar-refractivity contribution is -0.142. The fraction of sp³-hybridized carbons (Fsp3) is 0.538. The number of rotatable bonds is 6. The summed E-state index contributed by atoms with van der Waals surface area (Å²) in [5.74, 6) is 0.311. The lowest BCUT2D eigenvalue weighted by Crippen LogP contribution is -2.33. The molecular weight excluding hydrogens is 216 g/mol. The second-order valence-electron chi connectivity index (χ2n) is 4.50. The number of carbonyl (C=O) groups is 1. The second-order valence-corrected chi connectivity index (χ2v) is 4.50. The molecule has 0 aliphatic carbocycles. The third-order valence-corrected chi connectivity index (χ3v) is 2.33. The monoisotopic (exact) mass is 236 g/mol. The zero-order valence-corrected chi connectivity index (χ0v) is 10.7. The van der Waals surface area contributed by atoms with E-state index in [4.69, 9.17) is 4.74 Å². The lowest BCUT2D eigenvalue weighted by Gasteiger charge is -2.22. The van der Waals surface area contributed by atoms with E-state index in [1.807, 2.05) is 18.3 Å². The molecule has 0 spiro atoms. The second kappa shape index (κ2) is 7.01. The third-order valence-electron chi connectivity index (χ3n) is 2.33. The molecule has 94 valence electrons. The summed E-state index contributed by atoms with van der Waals surface area (Å²) >= 11 is 0. The third kappa shape index (κ3) is 5.45. The number of nitrogens with zero attached hydrogens (tertiary/aromatic N) is 2. The van der Waals surface area contributed by atoms with Crippen molar-refractivity contribution in [2.45, 2.75) is 20.4 Å². The molecule has 0 fully saturated rings. The molecule has 1 aromatic heterocycles. The smallest absolute Gasteiger partial charge is 0.319 e. The maximum atomic E-state index is 11.3. The number of pyridine rings is 1. The number of carbonyl (C=O) groups excluding carboxylic acids is 1. The molecule has 0 unspecified atom stereocenters. The molecule has 0 aliphatic rings. The van der Waals surface area contributed by atoms with Gasteiger partial charge in [-0.2, -0.15) is 0 Å². The Bertz CT molecular complexity index is 339. The van der Waals surface area contributed by atoms with E-state index in [9.17, 15) is 4.79 Å². The van der Waals surface area contributed by atoms with Gasteiger partial charge in [0.25, 0.3) is 0 Å². The predicted octanol–water partition coefficient (Wildman–Crippen LogP) is 1.71. The molecule has 1 rings (SSSR count). The molecule has 0 bridgehead atoms. The minimum Gasteiger partial charge on any atom is -0.468 e. The Labute approximate surface area is 103 Å². The molecule has 0 aromatic carbocycles. The predicted molar refractivity (Wildman–Crippen MR) is 66.4 cm³/mol. The van der Waals surface area contributed by atoms with Crippen LogP contribution in [-0.2, 0) is 16.1 Å². The van der Waals surface area contributed by atoms with Gasteiger partial charge in [0.15, 0.2) is 0 Å². The summed E-state index contributed by atoms with van der Waals surface area (Å²) in [6, 6.07) is 3.92. The highest BCUT2D eigenvalue weighted by Crippen LogP contribution is 2.06. The van der Waals surface area contributed by atoms with Crippen molar-refractivity contribution in [3.63, 3.8) is 0 Å². The van der Waals surface area contributed by atoms with Crippen LogP contribution in [0.25, 0.3) is 0 Å². The van der Waals surface area contributed by atoms with Gasteiger partial charge in [-0.3, -0.25) is 14.7 Å². The summed E-state index contributed by atoms with van der Waals surface area (Å²) in [6.07, 6.45) is 3.57. The van der Waals surface area contributed by atoms with Crippen LogP contribution in [0.5, 0.6) is 0 Å². The number of methoxy groups -OCH3 is 1. The topological polar surface area (TPSA) is 42.4 Å². The maximum Gasteiger partial charge on any atom is 0.319 e. The number of esters is 1. The van der Waals surface area contributed by atoms with Crippen LogP contribution in [-0.4, -0.2) is 36.1 Å². The van der Waals surface area contributed by atoms with Crippen LogP contribution in [0, 0.1) is 5.92 Å². The van der Waals surface area contributed by atoms with E-state index in [2.05, 4.69) is 23.7 Å². The molecule has 4 heteroatoms. The van der Waals surface area contributed by atoms with Gasteiger partial charge < -0.3 is 4.74 Å². The van der Waals surface area contributed by atoms with Crippen LogP contribution >= 0.6 is 0 Å². The number of aromatic nitrogens is 1. The quantitative estimate of drug-likeness (QED) is 0.705. The Balaban J connectivity index is 2.60. The molecule has 4 nitrogen and oxygen atoms in total. The Kier molecular flexibility index (Phi) is 5.63. The highest BCUT2D eigenvalue weighted by atomic mass is 16.5. The molecule has 0 amide bonds. The number of hydrogen-bond donors (Lipinski definition) is 0. The van der Waals surface area contributed by atoms with Crippen molar-refractivity contribution in [1.82, 2.24) is 9.88 Å². The van der Waals surface area contributed by atoms with Crippen molar-refractivity contribution in [3.05, 3.63) is 30.1 Å². The molecule has 1 heterocycles. The van der Waals surface area contributed by atoms with Crippen molar-refractivity contribution in [2.24, 2.45) is 5.92 Å². The van der Waals surface area contributed by atoms with Gasteiger partial charge in [-0.25, -0.2) is 0 Å². The highest BCUT2D eigenvalue weighted by Gasteiger charge is 2.12. The largest absolute Gasteiger partial charge is 0.468 e. The van der Waals surface area contributed by atoms with Crippen molar-refractivity contribution < 1.29 is 9.53 Å². The van der Waals surface area contributed by atoms with Crippen LogP contribution in [0.3, 0.4) is 0 Å². The van der Waals surface area contributed by atoms with E-state index in [1.165, 1.54) is 7.11 Å². The number of ether oxygens (including phenoxy) is 1. The van der Waals surface area contributed by atoms with E-state index >= 15 is 0 Å². The standard InChI is InChI=1S/C13H20N2O2/c1-11(2)8-15(10-13(16)17-3)9-12-5-4-6-14-7-12/h4-7,11H,8-10H2,1-3H3. The first kappa shape index (κ1) is 13.6. The molecule has 0 atom stereocenters. The van der Waals surface area contributed by atoms with Gasteiger partial charge in [-0.15, -0.1) is 0 Å². The molecule has 0 saturated heterocycles. The zero-order valence-electron chi connectivity index (χ0n) is 10.7. The van der Waals surface area contributed by atoms with Crippen LogP contribution in [0.15, 0.2) is 24.5 Å². The zero-order chi connectivity index (χ0) is 12.7. The average molecular weight is 236 g/mol. The molecular formula is C13H20N2O2. The summed E-state index contributed by atoms with van der Waals surface area (Å²) in [6.45, 7) is 6.18. The van der Waals surface area contributed by atoms with E-state index in [0.29, 0.717) is 12.5 Å². The van der Waals surface area contributed by atoms with Gasteiger partial charge in [-0.05, 0) is 17.5 Å². The Morgan fingerprint density at radius 1 is 1.53 bits per heavy atom. The van der Waals surface area contributed by atoms with Gasteiger partial charge in [0.2, 0.25) is 0 Å². The first-order chi connectivity index (χ1) is 8.11. The van der Waals surface area contributed by atoms with E-state index in [1.54, 1.807) is 6.20 Å². The van der Waals surface area contributed by atoms with Gasteiger partial charge in [-0.1, -0.05) is 19.9 Å². The first-order valence-corrected chi connectivity index (χ1v) is 5.80. The van der Waals surface area contributed by atoms with Gasteiger partial charge in [0.1, 0.15) is 0 Å². The normalized spacial score (nSPS) is 10.9. The SMILES string of the molecule is COC(=O)CN(Cc1cccnc1)CC(C)C. The highest BCUT2D eigenvalue weighted by molar-refractivity contribution is 5.71. The fourth-order valence-electron chi connectivity index (χ4n) is 1.70. The summed E-state index contributed by atoms with van der Waals surface area (Å²) in [5, 5.41) is 0. The molecule has 0 radical (unpaired) electrons. The van der Waals surface area contributed by atoms with E-state index < -0.39 is 0 Å². The van der Waals surface area contributed by atoms with Crippen LogP contribution < -0.4 is 0 Å². The van der Waals surface area contributed by atoms with Crippen LogP contribution in [0.4, 0.5) is 0 Å². The fourth-order valence-corrected chi connectivity index (χ4v) is 1.70. The molecule has 0 N–H and O–H groups in total. The van der Waals surface area contributed by atoms with Crippen molar-refractivity contribution in [2.75, 3.05) is 20.2 Å². The van der Waals surface area contributed by atoms with Crippen LogP contribution in [0.1, 0.15) is 19.4 Å². The summed E-state index contributed by atoms with van der Waals surface area (Å²) in [7, 11) is 1.42. The molecule has 0 aliphatic heterocycles.